The molecular weight excluding hydrogens is 464 g/mol. The van der Waals surface area contributed by atoms with E-state index in [9.17, 15) is 4.79 Å². The van der Waals surface area contributed by atoms with Gasteiger partial charge in [0.1, 0.15) is 5.82 Å². The van der Waals surface area contributed by atoms with Gasteiger partial charge in [0.05, 0.1) is 11.1 Å². The van der Waals surface area contributed by atoms with Gasteiger partial charge in [0.15, 0.2) is 0 Å². The van der Waals surface area contributed by atoms with E-state index in [1.165, 1.54) is 15.6 Å². The van der Waals surface area contributed by atoms with Crippen molar-refractivity contribution in [2.45, 2.75) is 12.8 Å². The number of carbonyl (C=O) groups excluding carboxylic acids is 1. The summed E-state index contributed by atoms with van der Waals surface area (Å²) in [5.74, 6) is 1.10. The summed E-state index contributed by atoms with van der Waals surface area (Å²) >= 11 is 7.51. The van der Waals surface area contributed by atoms with Crippen LogP contribution in [0.3, 0.4) is 0 Å². The lowest BCUT2D eigenvalue weighted by atomic mass is 10.1. The van der Waals surface area contributed by atoms with Gasteiger partial charge in [-0.2, -0.15) is 4.37 Å². The molecule has 1 saturated heterocycles. The number of benzene rings is 3. The number of anilines is 2. The summed E-state index contributed by atoms with van der Waals surface area (Å²) in [6, 6.07) is 24.0. The Morgan fingerprint density at radius 1 is 0.941 bits per heavy atom. The van der Waals surface area contributed by atoms with E-state index < -0.39 is 0 Å². The minimum Gasteiger partial charge on any atom is -0.353 e. The third-order valence-corrected chi connectivity index (χ3v) is 7.30. The molecule has 0 bridgehead atoms. The Bertz CT molecular complexity index is 1270. The zero-order valence-electron chi connectivity index (χ0n) is 18.9. The molecule has 5 rings (SSSR count). The van der Waals surface area contributed by atoms with E-state index in [0.717, 1.165) is 56.2 Å². The molecular formula is C27H27ClN4OS. The van der Waals surface area contributed by atoms with E-state index in [0.29, 0.717) is 11.4 Å². The second kappa shape index (κ2) is 10.6. The number of nitrogens with one attached hydrogen (secondary N) is 1. The fourth-order valence-electron chi connectivity index (χ4n) is 4.37. The maximum Gasteiger partial charge on any atom is 0.228 e. The molecule has 7 heteroatoms. The minimum absolute atomic E-state index is 0.0230. The topological polar surface area (TPSA) is 48.5 Å². The second-order valence-electron chi connectivity index (χ2n) is 8.63. The van der Waals surface area contributed by atoms with E-state index in [-0.39, 0.29) is 5.91 Å². The number of hydrogen-bond acceptors (Lipinski definition) is 5. The Morgan fingerprint density at radius 2 is 1.74 bits per heavy atom. The van der Waals surface area contributed by atoms with E-state index >= 15 is 0 Å². The molecule has 1 N–H and O–H groups in total. The molecule has 1 aromatic heterocycles. The molecule has 2 heterocycles. The van der Waals surface area contributed by atoms with E-state index in [2.05, 4.69) is 51.5 Å². The molecule has 0 unspecified atom stereocenters. The average Bonchev–Trinajstić information content (AvgIpc) is 3.29. The van der Waals surface area contributed by atoms with Crippen molar-refractivity contribution in [1.82, 2.24) is 9.27 Å². The molecule has 0 radical (unpaired) electrons. The quantitative estimate of drug-likeness (QED) is 0.372. The van der Waals surface area contributed by atoms with Crippen molar-refractivity contribution in [3.8, 4) is 0 Å². The maximum absolute atomic E-state index is 12.4. The van der Waals surface area contributed by atoms with E-state index in [1.807, 2.05) is 36.4 Å². The lowest BCUT2D eigenvalue weighted by Gasteiger charge is -2.35. The molecule has 0 saturated carbocycles. The summed E-state index contributed by atoms with van der Waals surface area (Å²) in [4.78, 5) is 17.4. The molecule has 34 heavy (non-hydrogen) atoms. The van der Waals surface area contributed by atoms with Crippen molar-refractivity contribution in [3.05, 3.63) is 88.9 Å². The van der Waals surface area contributed by atoms with Crippen LogP contribution in [0.5, 0.6) is 0 Å². The number of carbonyl (C=O) groups is 1. The number of nitrogens with zero attached hydrogens (tertiary/aromatic N) is 3. The van der Waals surface area contributed by atoms with E-state index in [1.54, 1.807) is 11.5 Å². The van der Waals surface area contributed by atoms with Gasteiger partial charge in [-0.05, 0) is 65.5 Å². The van der Waals surface area contributed by atoms with Crippen molar-refractivity contribution in [2.24, 2.45) is 0 Å². The van der Waals surface area contributed by atoms with Crippen LogP contribution in [0.15, 0.2) is 72.8 Å². The Kier molecular flexibility index (Phi) is 7.09. The highest BCUT2D eigenvalue weighted by atomic mass is 35.5. The van der Waals surface area contributed by atoms with Gasteiger partial charge >= 0.3 is 0 Å². The highest BCUT2D eigenvalue weighted by molar-refractivity contribution is 7.13. The molecule has 174 valence electrons. The van der Waals surface area contributed by atoms with Crippen molar-refractivity contribution >= 4 is 50.6 Å². The van der Waals surface area contributed by atoms with Gasteiger partial charge in [-0.1, -0.05) is 48.0 Å². The highest BCUT2D eigenvalue weighted by Crippen LogP contribution is 2.29. The predicted molar refractivity (Wildman–Crippen MR) is 142 cm³/mol. The average molecular weight is 491 g/mol. The summed E-state index contributed by atoms with van der Waals surface area (Å²) in [6.45, 7) is 5.06. The summed E-state index contributed by atoms with van der Waals surface area (Å²) in [6.07, 6.45) is 1.29. The largest absolute Gasteiger partial charge is 0.353 e. The lowest BCUT2D eigenvalue weighted by molar-refractivity contribution is -0.115. The lowest BCUT2D eigenvalue weighted by Crippen LogP contribution is -2.47. The fraction of sp³-hybridized carbons (Fsp3) is 0.259. The van der Waals surface area contributed by atoms with E-state index in [4.69, 9.17) is 16.0 Å². The molecule has 1 fully saturated rings. The van der Waals surface area contributed by atoms with Gasteiger partial charge in [0, 0.05) is 48.8 Å². The Labute approximate surface area is 209 Å². The van der Waals surface area contributed by atoms with Gasteiger partial charge in [-0.15, -0.1) is 0 Å². The summed E-state index contributed by atoms with van der Waals surface area (Å²) in [5, 5.41) is 4.96. The number of fused-ring (bicyclic) bond motifs is 1. The number of aromatic nitrogens is 1. The van der Waals surface area contributed by atoms with Crippen LogP contribution in [0, 0.1) is 0 Å². The third kappa shape index (κ3) is 5.58. The van der Waals surface area contributed by atoms with Gasteiger partial charge < -0.3 is 10.2 Å². The third-order valence-electron chi connectivity index (χ3n) is 6.24. The first kappa shape index (κ1) is 22.8. The van der Waals surface area contributed by atoms with Crippen LogP contribution in [0.4, 0.5) is 11.5 Å². The number of amides is 1. The smallest absolute Gasteiger partial charge is 0.228 e. The van der Waals surface area contributed by atoms with Crippen molar-refractivity contribution in [2.75, 3.05) is 42.9 Å². The van der Waals surface area contributed by atoms with Gasteiger partial charge in [0.2, 0.25) is 5.91 Å². The molecule has 0 atom stereocenters. The van der Waals surface area contributed by atoms with Crippen LogP contribution in [-0.4, -0.2) is 47.9 Å². The number of halogens is 1. The predicted octanol–water partition coefficient (Wildman–Crippen LogP) is 5.50. The summed E-state index contributed by atoms with van der Waals surface area (Å²) in [5.41, 5.74) is 3.02. The first-order valence-corrected chi connectivity index (χ1v) is 12.7. The first-order chi connectivity index (χ1) is 16.6. The number of hydrogen-bond donors (Lipinski definition) is 1. The monoisotopic (exact) mass is 490 g/mol. The number of piperazine rings is 1. The van der Waals surface area contributed by atoms with Gasteiger partial charge in [-0.3, -0.25) is 9.69 Å². The van der Waals surface area contributed by atoms with Crippen LogP contribution >= 0.6 is 23.1 Å². The highest BCUT2D eigenvalue weighted by Gasteiger charge is 2.20. The zero-order valence-corrected chi connectivity index (χ0v) is 20.5. The molecule has 1 aliphatic rings. The van der Waals surface area contributed by atoms with Crippen LogP contribution in [0.2, 0.25) is 5.02 Å². The van der Waals surface area contributed by atoms with Gasteiger partial charge in [0.25, 0.3) is 0 Å². The molecule has 5 nitrogen and oxygen atoms in total. The van der Waals surface area contributed by atoms with Crippen molar-refractivity contribution < 1.29 is 4.79 Å². The molecule has 3 aromatic carbocycles. The van der Waals surface area contributed by atoms with Crippen LogP contribution in [-0.2, 0) is 17.6 Å². The van der Waals surface area contributed by atoms with Crippen molar-refractivity contribution in [3.63, 3.8) is 0 Å². The maximum atomic E-state index is 12.4. The Balaban J connectivity index is 1.11. The molecule has 0 aliphatic carbocycles. The SMILES string of the molecule is O=C(Cc1ccc(Cl)cc1)Nc1cccc(CCN2CCN(c3nsc4ccccc34)CC2)c1. The van der Waals surface area contributed by atoms with Crippen LogP contribution < -0.4 is 10.2 Å². The fourth-order valence-corrected chi connectivity index (χ4v) is 5.29. The number of rotatable bonds is 7. The van der Waals surface area contributed by atoms with Crippen LogP contribution in [0.1, 0.15) is 11.1 Å². The summed E-state index contributed by atoms with van der Waals surface area (Å²) in [7, 11) is 0. The first-order valence-electron chi connectivity index (χ1n) is 11.6. The second-order valence-corrected chi connectivity index (χ2v) is 9.87. The summed E-state index contributed by atoms with van der Waals surface area (Å²) < 4.78 is 5.96. The minimum atomic E-state index is -0.0230. The Hall–Kier alpha value is -2.93. The standard InChI is InChI=1S/C27H27ClN4OS/c28-22-10-8-21(9-11-22)19-26(33)29-23-5-3-4-20(18-23)12-13-31-14-16-32(17-15-31)27-24-6-1-2-7-25(24)34-30-27/h1-11,18H,12-17,19H2,(H,29,33). The van der Waals surface area contributed by atoms with Gasteiger partial charge in [-0.25, -0.2) is 0 Å². The molecule has 1 amide bonds. The van der Waals surface area contributed by atoms with Crippen molar-refractivity contribution in [1.29, 1.82) is 0 Å². The molecule has 0 spiro atoms. The Morgan fingerprint density at radius 3 is 2.56 bits per heavy atom. The molecule has 4 aromatic rings. The normalized spacial score (nSPS) is 14.4. The van der Waals surface area contributed by atoms with Crippen LogP contribution in [0.25, 0.3) is 10.1 Å². The molecule has 1 aliphatic heterocycles. The zero-order chi connectivity index (χ0) is 23.3.